The van der Waals surface area contributed by atoms with Gasteiger partial charge in [0.1, 0.15) is 11.9 Å². The van der Waals surface area contributed by atoms with Gasteiger partial charge >= 0.3 is 6.18 Å². The van der Waals surface area contributed by atoms with E-state index in [1.165, 1.54) is 30.7 Å². The van der Waals surface area contributed by atoms with E-state index in [-0.39, 0.29) is 35.6 Å². The number of fused-ring (bicyclic) bond motifs is 1. The fraction of sp³-hybridized carbons (Fsp3) is 0.308. The standard InChI is InChI=1S/C26H26F4N6O/c1-16(26(28,29)30)24-18-6-3-7-21(35-22-8-12-36(2)15-20(22)27)19(18)13-17(34-24)5-4-9-33-25(37)23-14-31-10-11-32-23/h3-7,10-11,13-14,20,22,35H,1,8-9,12,15H2,2H3,(H,33,37)/b5-4+/t20-,22+/m0/s1. The van der Waals surface area contributed by atoms with Crippen molar-refractivity contribution in [3.05, 3.63) is 72.6 Å². The number of pyridine rings is 1. The first-order valence-corrected chi connectivity index (χ1v) is 11.6. The minimum atomic E-state index is -4.69. The molecule has 0 radical (unpaired) electrons. The lowest BCUT2D eigenvalue weighted by molar-refractivity contribution is -0.0688. The molecule has 194 valence electrons. The van der Waals surface area contributed by atoms with Crippen molar-refractivity contribution in [3.63, 3.8) is 0 Å². The van der Waals surface area contributed by atoms with Gasteiger partial charge in [0.25, 0.3) is 5.91 Å². The number of allylic oxidation sites excluding steroid dienone is 1. The monoisotopic (exact) mass is 514 g/mol. The number of benzene rings is 1. The number of carbonyl (C=O) groups excluding carboxylic acids is 1. The molecule has 0 unspecified atom stereocenters. The number of anilines is 1. The van der Waals surface area contributed by atoms with Crippen molar-refractivity contribution in [2.75, 3.05) is 32.0 Å². The number of amides is 1. The minimum Gasteiger partial charge on any atom is -0.379 e. The predicted octanol–water partition coefficient (Wildman–Crippen LogP) is 4.50. The molecule has 1 aliphatic heterocycles. The van der Waals surface area contributed by atoms with Crippen molar-refractivity contribution in [2.24, 2.45) is 0 Å². The lowest BCUT2D eigenvalue weighted by Crippen LogP contribution is -2.46. The van der Waals surface area contributed by atoms with Crippen molar-refractivity contribution in [1.82, 2.24) is 25.2 Å². The molecule has 0 spiro atoms. The highest BCUT2D eigenvalue weighted by molar-refractivity contribution is 6.01. The van der Waals surface area contributed by atoms with Crippen LogP contribution in [0.2, 0.25) is 0 Å². The van der Waals surface area contributed by atoms with Crippen LogP contribution in [0.25, 0.3) is 22.4 Å². The molecule has 2 atom stereocenters. The first-order valence-electron chi connectivity index (χ1n) is 11.6. The molecule has 7 nitrogen and oxygen atoms in total. The Balaban J connectivity index is 1.64. The van der Waals surface area contributed by atoms with Crippen LogP contribution in [-0.2, 0) is 0 Å². The molecule has 1 aliphatic rings. The van der Waals surface area contributed by atoms with Crippen LogP contribution in [0, 0.1) is 0 Å². The van der Waals surface area contributed by atoms with Gasteiger partial charge in [-0.3, -0.25) is 9.78 Å². The van der Waals surface area contributed by atoms with Crippen molar-refractivity contribution in [1.29, 1.82) is 0 Å². The van der Waals surface area contributed by atoms with Crippen LogP contribution in [0.1, 0.15) is 28.3 Å². The highest BCUT2D eigenvalue weighted by atomic mass is 19.4. The summed E-state index contributed by atoms with van der Waals surface area (Å²) in [6, 6.07) is 6.02. The van der Waals surface area contributed by atoms with E-state index in [1.807, 2.05) is 11.9 Å². The maximum atomic E-state index is 14.7. The van der Waals surface area contributed by atoms with Crippen LogP contribution in [0.4, 0.5) is 23.2 Å². The highest BCUT2D eigenvalue weighted by Gasteiger charge is 2.35. The summed E-state index contributed by atoms with van der Waals surface area (Å²) in [4.78, 5) is 26.0. The first-order chi connectivity index (χ1) is 17.6. The van der Waals surface area contributed by atoms with Gasteiger partial charge in [-0.25, -0.2) is 14.4 Å². The number of hydrogen-bond donors (Lipinski definition) is 2. The van der Waals surface area contributed by atoms with E-state index in [0.717, 1.165) is 0 Å². The fourth-order valence-corrected chi connectivity index (χ4v) is 4.13. The molecule has 2 aromatic heterocycles. The SMILES string of the molecule is C=C(c1nc(/C=C/CNC(=O)c2cnccn2)cc2c(N[C@@H]3CCN(C)C[C@@H]3F)cccc12)C(F)(F)F. The third-order valence-corrected chi connectivity index (χ3v) is 6.07. The summed E-state index contributed by atoms with van der Waals surface area (Å²) in [5.74, 6) is -0.444. The molecule has 37 heavy (non-hydrogen) atoms. The molecular weight excluding hydrogens is 488 g/mol. The van der Waals surface area contributed by atoms with Crippen LogP contribution >= 0.6 is 0 Å². The number of piperidine rings is 1. The van der Waals surface area contributed by atoms with Gasteiger partial charge in [-0.1, -0.05) is 24.8 Å². The Labute approximate surface area is 211 Å². The van der Waals surface area contributed by atoms with E-state index in [4.69, 9.17) is 0 Å². The Morgan fingerprint density at radius 1 is 1.27 bits per heavy atom. The van der Waals surface area contributed by atoms with Gasteiger partial charge in [0.2, 0.25) is 0 Å². The number of likely N-dealkylation sites (tertiary alicyclic amines) is 1. The van der Waals surface area contributed by atoms with E-state index in [1.54, 1.807) is 24.3 Å². The van der Waals surface area contributed by atoms with Gasteiger partial charge in [-0.15, -0.1) is 0 Å². The number of nitrogens with zero attached hydrogens (tertiary/aromatic N) is 4. The van der Waals surface area contributed by atoms with E-state index in [0.29, 0.717) is 24.0 Å². The Hall–Kier alpha value is -3.86. The van der Waals surface area contributed by atoms with Crippen molar-refractivity contribution in [2.45, 2.75) is 24.8 Å². The molecular formula is C26H26F4N6O. The molecule has 1 amide bonds. The summed E-state index contributed by atoms with van der Waals surface area (Å²) < 4.78 is 55.6. The number of rotatable bonds is 7. The second-order valence-electron chi connectivity index (χ2n) is 8.79. The van der Waals surface area contributed by atoms with Gasteiger partial charge in [-0.2, -0.15) is 13.2 Å². The minimum absolute atomic E-state index is 0.0870. The largest absolute Gasteiger partial charge is 0.417 e. The zero-order chi connectivity index (χ0) is 26.6. The van der Waals surface area contributed by atoms with Crippen molar-refractivity contribution >= 4 is 34.0 Å². The molecule has 0 bridgehead atoms. The summed E-state index contributed by atoms with van der Waals surface area (Å²) in [6.07, 6.45) is 1.96. The Morgan fingerprint density at radius 2 is 2.08 bits per heavy atom. The molecule has 0 saturated carbocycles. The van der Waals surface area contributed by atoms with Crippen LogP contribution in [0.3, 0.4) is 0 Å². The lowest BCUT2D eigenvalue weighted by atomic mass is 9.99. The quantitative estimate of drug-likeness (QED) is 0.452. The molecule has 3 heterocycles. The molecule has 1 saturated heterocycles. The van der Waals surface area contributed by atoms with Gasteiger partial charge in [0.15, 0.2) is 0 Å². The average Bonchev–Trinajstić information content (AvgIpc) is 2.87. The topological polar surface area (TPSA) is 83.0 Å². The normalized spacial score (nSPS) is 18.7. The number of hydrogen-bond acceptors (Lipinski definition) is 6. The summed E-state index contributed by atoms with van der Waals surface area (Å²) in [5.41, 5.74) is -0.505. The second kappa shape index (κ2) is 11.0. The van der Waals surface area contributed by atoms with E-state index >= 15 is 0 Å². The number of carbonyl (C=O) groups is 1. The van der Waals surface area contributed by atoms with Gasteiger partial charge < -0.3 is 15.5 Å². The highest BCUT2D eigenvalue weighted by Crippen LogP contribution is 2.37. The third kappa shape index (κ3) is 6.29. The van der Waals surface area contributed by atoms with Crippen LogP contribution < -0.4 is 10.6 Å². The van der Waals surface area contributed by atoms with Crippen LogP contribution in [0.5, 0.6) is 0 Å². The maximum absolute atomic E-state index is 14.7. The Bertz CT molecular complexity index is 1310. The second-order valence-corrected chi connectivity index (χ2v) is 8.79. The summed E-state index contributed by atoms with van der Waals surface area (Å²) in [7, 11) is 1.84. The zero-order valence-electron chi connectivity index (χ0n) is 20.1. The number of alkyl halides is 4. The van der Waals surface area contributed by atoms with Crippen LogP contribution in [-0.4, -0.2) is 70.8 Å². The van der Waals surface area contributed by atoms with Crippen molar-refractivity contribution < 1.29 is 22.4 Å². The predicted molar refractivity (Wildman–Crippen MR) is 135 cm³/mol. The molecule has 4 rings (SSSR count). The molecule has 2 N–H and O–H groups in total. The average molecular weight is 515 g/mol. The summed E-state index contributed by atoms with van der Waals surface area (Å²) in [5, 5.41) is 6.54. The smallest absolute Gasteiger partial charge is 0.379 e. The molecule has 3 aromatic rings. The Kier molecular flexibility index (Phi) is 7.82. The Morgan fingerprint density at radius 3 is 2.78 bits per heavy atom. The lowest BCUT2D eigenvalue weighted by Gasteiger charge is -2.33. The molecule has 0 aliphatic carbocycles. The number of aromatic nitrogens is 3. The third-order valence-electron chi connectivity index (χ3n) is 6.07. The maximum Gasteiger partial charge on any atom is 0.417 e. The van der Waals surface area contributed by atoms with E-state index < -0.39 is 29.9 Å². The summed E-state index contributed by atoms with van der Waals surface area (Å²) >= 11 is 0. The molecule has 1 aromatic carbocycles. The van der Waals surface area contributed by atoms with Crippen molar-refractivity contribution in [3.8, 4) is 0 Å². The van der Waals surface area contributed by atoms with Gasteiger partial charge in [0.05, 0.1) is 29.2 Å². The summed E-state index contributed by atoms with van der Waals surface area (Å²) in [6.45, 7) is 4.30. The van der Waals surface area contributed by atoms with E-state index in [9.17, 15) is 22.4 Å². The van der Waals surface area contributed by atoms with E-state index in [2.05, 4.69) is 32.2 Å². The molecule has 1 fully saturated rings. The fourth-order valence-electron chi connectivity index (χ4n) is 4.13. The van der Waals surface area contributed by atoms with Crippen LogP contribution in [0.15, 0.2) is 55.5 Å². The first kappa shape index (κ1) is 26.2. The number of halogens is 4. The van der Waals surface area contributed by atoms with Gasteiger partial charge in [0, 0.05) is 48.5 Å². The number of nitrogens with one attached hydrogen (secondary N) is 2. The molecule has 11 heteroatoms. The zero-order valence-corrected chi connectivity index (χ0v) is 20.1. The van der Waals surface area contributed by atoms with Gasteiger partial charge in [-0.05, 0) is 31.7 Å².